The molecule has 0 spiro atoms. The maximum atomic E-state index is 13.8. The Labute approximate surface area is 235 Å². The highest BCUT2D eigenvalue weighted by atomic mass is 32.2. The Morgan fingerprint density at radius 2 is 0.950 bits per heavy atom. The highest BCUT2D eigenvalue weighted by molar-refractivity contribution is 7.99. The highest BCUT2D eigenvalue weighted by Crippen LogP contribution is 2.51. The van der Waals surface area contributed by atoms with Gasteiger partial charge in [0.2, 0.25) is 0 Å². The van der Waals surface area contributed by atoms with E-state index in [-0.39, 0.29) is 17.1 Å². The second-order valence-electron chi connectivity index (χ2n) is 10.0. The van der Waals surface area contributed by atoms with Gasteiger partial charge in [0.1, 0.15) is 0 Å². The topological polar surface area (TPSA) is 37.4 Å². The van der Waals surface area contributed by atoms with Crippen LogP contribution in [0.3, 0.4) is 0 Å². The van der Waals surface area contributed by atoms with Gasteiger partial charge in [-0.15, -0.1) is 0 Å². The molecule has 0 unspecified atom stereocenters. The van der Waals surface area contributed by atoms with E-state index in [9.17, 15) is 9.59 Å². The smallest absolute Gasteiger partial charge is 0.198 e. The van der Waals surface area contributed by atoms with Crippen molar-refractivity contribution in [1.29, 1.82) is 0 Å². The molecule has 3 nitrogen and oxygen atoms in total. The molecule has 4 heteroatoms. The van der Waals surface area contributed by atoms with Crippen molar-refractivity contribution in [3.8, 4) is 0 Å². The predicted octanol–water partition coefficient (Wildman–Crippen LogP) is 9.39. The van der Waals surface area contributed by atoms with Crippen molar-refractivity contribution in [3.63, 3.8) is 0 Å². The number of allylic oxidation sites excluding steroid dienone is 1. The fraction of sp³-hybridized carbons (Fsp3) is 0. The zero-order valence-electron chi connectivity index (χ0n) is 21.3. The van der Waals surface area contributed by atoms with Crippen LogP contribution in [0, 0.1) is 0 Å². The predicted molar refractivity (Wildman–Crippen MR) is 163 cm³/mol. The Bertz CT molecular complexity index is 1950. The molecule has 40 heavy (non-hydrogen) atoms. The quantitative estimate of drug-likeness (QED) is 0.127. The Kier molecular flexibility index (Phi) is 5.06. The van der Waals surface area contributed by atoms with Gasteiger partial charge in [-0.1, -0.05) is 96.7 Å². The Morgan fingerprint density at radius 3 is 1.48 bits per heavy atom. The van der Waals surface area contributed by atoms with Crippen molar-refractivity contribution in [3.05, 3.63) is 144 Å². The minimum atomic E-state index is -0.207. The van der Waals surface area contributed by atoms with Crippen molar-refractivity contribution >= 4 is 68.0 Å². The molecule has 0 saturated heterocycles. The number of Topliss-reactive ketones (excluding diaryl/α,β-unsaturated/α-hetero) is 2. The molecule has 0 radical (unpaired) electrons. The number of hydrogen-bond acceptors (Lipinski definition) is 4. The van der Waals surface area contributed by atoms with Crippen LogP contribution in [0.4, 0.5) is 17.1 Å². The Morgan fingerprint density at radius 1 is 0.500 bits per heavy atom. The molecular formula is C36H21NO2S. The molecule has 188 valence electrons. The largest absolute Gasteiger partial charge is 0.308 e. The Hall–Kier alpha value is -4.93. The van der Waals surface area contributed by atoms with Gasteiger partial charge in [-0.05, 0) is 69.6 Å². The van der Waals surface area contributed by atoms with Crippen molar-refractivity contribution in [2.75, 3.05) is 4.90 Å². The number of ketones is 2. The number of nitrogens with zero attached hydrogens (tertiary/aromatic N) is 1. The summed E-state index contributed by atoms with van der Waals surface area (Å²) in [6.07, 6.45) is 1.74. The first-order valence-electron chi connectivity index (χ1n) is 13.2. The SMILES string of the molecule is O=C1C(=Cc2ccc(N3c4ccccc4Sc4ccccc43)cc2)C(=O)c2c1c1ccccc1c1ccccc21. The van der Waals surface area contributed by atoms with Crippen molar-refractivity contribution in [1.82, 2.24) is 0 Å². The van der Waals surface area contributed by atoms with Gasteiger partial charge in [0, 0.05) is 26.6 Å². The van der Waals surface area contributed by atoms with E-state index >= 15 is 0 Å². The molecule has 0 aromatic heterocycles. The zero-order chi connectivity index (χ0) is 26.8. The summed E-state index contributed by atoms with van der Waals surface area (Å²) in [7, 11) is 0. The van der Waals surface area contributed by atoms with Gasteiger partial charge in [-0.25, -0.2) is 0 Å². The summed E-state index contributed by atoms with van der Waals surface area (Å²) in [5, 5.41) is 3.63. The van der Waals surface area contributed by atoms with Crippen molar-refractivity contribution < 1.29 is 9.59 Å². The highest BCUT2D eigenvalue weighted by Gasteiger charge is 2.36. The standard InChI is InChI=1S/C36H21NO2S/c38-35-28(36(39)34-27-12-4-2-10-25(27)24-9-1-3-11-26(24)33(34)35)21-22-17-19-23(20-18-22)37-29-13-5-7-15-31(29)40-32-16-8-6-14-30(32)37/h1-21H. The summed E-state index contributed by atoms with van der Waals surface area (Å²) in [6.45, 7) is 0. The normalized spacial score (nSPS) is 13.9. The van der Waals surface area contributed by atoms with Crippen LogP contribution in [0.5, 0.6) is 0 Å². The van der Waals surface area contributed by atoms with Gasteiger partial charge < -0.3 is 4.90 Å². The summed E-state index contributed by atoms with van der Waals surface area (Å²) in [5.41, 5.74) is 5.35. The van der Waals surface area contributed by atoms with E-state index in [1.807, 2.05) is 60.7 Å². The second kappa shape index (κ2) is 8.80. The molecule has 0 N–H and O–H groups in total. The monoisotopic (exact) mass is 531 g/mol. The second-order valence-corrected chi connectivity index (χ2v) is 11.1. The zero-order valence-corrected chi connectivity index (χ0v) is 22.1. The molecule has 0 fully saturated rings. The van der Waals surface area contributed by atoms with Crippen molar-refractivity contribution in [2.45, 2.75) is 9.79 Å². The molecule has 1 aliphatic carbocycles. The van der Waals surface area contributed by atoms with Gasteiger partial charge >= 0.3 is 0 Å². The number of fused-ring (bicyclic) bond motifs is 8. The summed E-state index contributed by atoms with van der Waals surface area (Å²) in [6, 6.07) is 40.6. The van der Waals surface area contributed by atoms with E-state index in [0.29, 0.717) is 11.1 Å². The molecule has 6 aromatic carbocycles. The third-order valence-corrected chi connectivity index (χ3v) is 8.90. The molecule has 0 saturated carbocycles. The van der Waals surface area contributed by atoms with E-state index < -0.39 is 0 Å². The number of carbonyl (C=O) groups is 2. The molecule has 8 rings (SSSR count). The van der Waals surface area contributed by atoms with E-state index in [4.69, 9.17) is 0 Å². The number of anilines is 3. The molecule has 0 amide bonds. The third kappa shape index (κ3) is 3.33. The summed E-state index contributed by atoms with van der Waals surface area (Å²) >= 11 is 1.78. The molecule has 2 aliphatic rings. The summed E-state index contributed by atoms with van der Waals surface area (Å²) < 4.78 is 0. The van der Waals surface area contributed by atoms with Gasteiger partial charge in [0.25, 0.3) is 0 Å². The maximum Gasteiger partial charge on any atom is 0.198 e. The van der Waals surface area contributed by atoms with Crippen LogP contribution < -0.4 is 4.90 Å². The number of para-hydroxylation sites is 2. The molecule has 0 atom stereocenters. The lowest BCUT2D eigenvalue weighted by atomic mass is 9.93. The minimum absolute atomic E-state index is 0.207. The van der Waals surface area contributed by atoms with Gasteiger partial charge in [0.15, 0.2) is 11.6 Å². The van der Waals surface area contributed by atoms with Gasteiger partial charge in [-0.2, -0.15) is 0 Å². The van der Waals surface area contributed by atoms with Crippen LogP contribution >= 0.6 is 11.8 Å². The summed E-state index contributed by atoms with van der Waals surface area (Å²) in [5.74, 6) is -0.413. The van der Waals surface area contributed by atoms with Crippen molar-refractivity contribution in [2.24, 2.45) is 0 Å². The fourth-order valence-electron chi connectivity index (χ4n) is 5.99. The average Bonchev–Trinajstić information content (AvgIpc) is 3.26. The third-order valence-electron chi connectivity index (χ3n) is 7.77. The lowest BCUT2D eigenvalue weighted by Gasteiger charge is -2.32. The fourth-order valence-corrected chi connectivity index (χ4v) is 7.04. The van der Waals surface area contributed by atoms with Crippen LogP contribution in [0.25, 0.3) is 27.6 Å². The molecule has 6 aromatic rings. The lowest BCUT2D eigenvalue weighted by Crippen LogP contribution is -2.14. The van der Waals surface area contributed by atoms with Crippen LogP contribution in [0.2, 0.25) is 0 Å². The number of carbonyl (C=O) groups excluding carboxylic acids is 2. The average molecular weight is 532 g/mol. The first-order chi connectivity index (χ1) is 19.7. The number of benzene rings is 6. The first kappa shape index (κ1) is 23.0. The lowest BCUT2D eigenvalue weighted by molar-refractivity contribution is 0.0991. The van der Waals surface area contributed by atoms with Gasteiger partial charge in [-0.3, -0.25) is 9.59 Å². The minimum Gasteiger partial charge on any atom is -0.308 e. The molecule has 1 heterocycles. The molecular weight excluding hydrogens is 510 g/mol. The first-order valence-corrected chi connectivity index (χ1v) is 14.0. The number of rotatable bonds is 2. The van der Waals surface area contributed by atoms with E-state index in [0.717, 1.165) is 44.2 Å². The van der Waals surface area contributed by atoms with E-state index in [1.165, 1.54) is 9.79 Å². The number of hydrogen-bond donors (Lipinski definition) is 0. The molecule has 1 aliphatic heterocycles. The van der Waals surface area contributed by atoms with E-state index in [1.54, 1.807) is 17.8 Å². The maximum absolute atomic E-state index is 13.8. The van der Waals surface area contributed by atoms with Crippen LogP contribution in [0.15, 0.2) is 137 Å². The van der Waals surface area contributed by atoms with Crippen LogP contribution in [-0.2, 0) is 0 Å². The Balaban J connectivity index is 1.22. The molecule has 0 bridgehead atoms. The van der Waals surface area contributed by atoms with Crippen LogP contribution in [0.1, 0.15) is 26.3 Å². The van der Waals surface area contributed by atoms with Crippen LogP contribution in [-0.4, -0.2) is 11.6 Å². The summed E-state index contributed by atoms with van der Waals surface area (Å²) in [4.78, 5) is 32.2. The van der Waals surface area contributed by atoms with E-state index in [2.05, 4.69) is 65.6 Å². The van der Waals surface area contributed by atoms with Gasteiger partial charge in [0.05, 0.1) is 16.9 Å².